The number of halogens is 2. The van der Waals surface area contributed by atoms with Crippen LogP contribution in [-0.4, -0.2) is 35.9 Å². The third-order valence-electron chi connectivity index (χ3n) is 3.39. The van der Waals surface area contributed by atoms with Crippen LogP contribution < -0.4 is 10.1 Å². The van der Waals surface area contributed by atoms with Gasteiger partial charge in [0.05, 0.1) is 12.1 Å². The zero-order valence-corrected chi connectivity index (χ0v) is 17.2. The van der Waals surface area contributed by atoms with E-state index < -0.39 is 17.7 Å². The van der Waals surface area contributed by atoms with Gasteiger partial charge in [-0.1, -0.05) is 23.2 Å². The molecule has 2 N–H and O–H groups in total. The van der Waals surface area contributed by atoms with Crippen LogP contribution in [0.15, 0.2) is 36.4 Å². The topological polar surface area (TPSA) is 84.9 Å². The van der Waals surface area contributed by atoms with Gasteiger partial charge in [-0.15, -0.1) is 0 Å². The average Bonchev–Trinajstić information content (AvgIpc) is 2.56. The van der Waals surface area contributed by atoms with Crippen LogP contribution in [-0.2, 0) is 4.74 Å². The molecule has 2 aromatic carbocycles. The lowest BCUT2D eigenvalue weighted by atomic mass is 10.0. The van der Waals surface area contributed by atoms with E-state index in [1.165, 1.54) is 12.1 Å². The van der Waals surface area contributed by atoms with Crippen molar-refractivity contribution in [2.45, 2.75) is 26.4 Å². The van der Waals surface area contributed by atoms with Gasteiger partial charge < -0.3 is 19.9 Å². The Morgan fingerprint density at radius 1 is 1.00 bits per heavy atom. The molecule has 1 amide bonds. The quantitative estimate of drug-likeness (QED) is 0.616. The van der Waals surface area contributed by atoms with Gasteiger partial charge in [-0.05, 0) is 68.3 Å². The van der Waals surface area contributed by atoms with E-state index in [4.69, 9.17) is 32.7 Å². The standard InChI is InChI=1S/C20H21Cl2NO5/c1-20(2,3)28-19(26)23-4-5-27-17-9-12(6-14(10-17)18(24)25)13-7-15(21)11-16(22)8-13/h6-11H,4-5H2,1-3H3,(H,23,26)(H,24,25). The minimum Gasteiger partial charge on any atom is -0.492 e. The molecule has 0 saturated carbocycles. The third-order valence-corrected chi connectivity index (χ3v) is 3.82. The molecule has 2 rings (SSSR count). The molecule has 0 aliphatic carbocycles. The van der Waals surface area contributed by atoms with Crippen LogP contribution in [0.25, 0.3) is 11.1 Å². The molecule has 0 aromatic heterocycles. The van der Waals surface area contributed by atoms with Crippen molar-refractivity contribution in [3.63, 3.8) is 0 Å². The first-order valence-corrected chi connectivity index (χ1v) is 9.23. The summed E-state index contributed by atoms with van der Waals surface area (Å²) in [4.78, 5) is 23.1. The zero-order valence-electron chi connectivity index (χ0n) is 15.7. The molecule has 0 fully saturated rings. The zero-order chi connectivity index (χ0) is 20.9. The SMILES string of the molecule is CC(C)(C)OC(=O)NCCOc1cc(C(=O)O)cc(-c2cc(Cl)cc(Cl)c2)c1. The van der Waals surface area contributed by atoms with Gasteiger partial charge in [0.2, 0.25) is 0 Å². The van der Waals surface area contributed by atoms with E-state index in [0.717, 1.165) is 0 Å². The predicted molar refractivity (Wildman–Crippen MR) is 109 cm³/mol. The van der Waals surface area contributed by atoms with Crippen LogP contribution in [0.4, 0.5) is 4.79 Å². The molecular formula is C20H21Cl2NO5. The second kappa shape index (κ2) is 9.17. The highest BCUT2D eigenvalue weighted by Gasteiger charge is 2.15. The summed E-state index contributed by atoms with van der Waals surface area (Å²) in [6.45, 7) is 5.64. The lowest BCUT2D eigenvalue weighted by molar-refractivity contribution is 0.0520. The van der Waals surface area contributed by atoms with Crippen molar-refractivity contribution < 1.29 is 24.2 Å². The van der Waals surface area contributed by atoms with Crippen LogP contribution in [0.2, 0.25) is 10.0 Å². The number of rotatable bonds is 6. The number of amides is 1. The largest absolute Gasteiger partial charge is 0.492 e. The highest BCUT2D eigenvalue weighted by atomic mass is 35.5. The number of nitrogens with one attached hydrogen (secondary N) is 1. The lowest BCUT2D eigenvalue weighted by Crippen LogP contribution is -2.34. The number of carbonyl (C=O) groups is 2. The normalized spacial score (nSPS) is 11.0. The first-order valence-electron chi connectivity index (χ1n) is 8.48. The molecule has 8 heteroatoms. The summed E-state index contributed by atoms with van der Waals surface area (Å²) in [5, 5.41) is 12.8. The number of aromatic carboxylic acids is 1. The molecule has 0 heterocycles. The molecule has 0 atom stereocenters. The lowest BCUT2D eigenvalue weighted by Gasteiger charge is -2.19. The van der Waals surface area contributed by atoms with Crippen molar-refractivity contribution in [3.8, 4) is 16.9 Å². The van der Waals surface area contributed by atoms with Crippen molar-refractivity contribution in [2.24, 2.45) is 0 Å². The van der Waals surface area contributed by atoms with E-state index in [2.05, 4.69) is 5.32 Å². The van der Waals surface area contributed by atoms with Crippen molar-refractivity contribution in [3.05, 3.63) is 52.0 Å². The molecule has 6 nitrogen and oxygen atoms in total. The Labute approximate surface area is 173 Å². The van der Waals surface area contributed by atoms with Gasteiger partial charge in [-0.2, -0.15) is 0 Å². The summed E-state index contributed by atoms with van der Waals surface area (Å²) in [6, 6.07) is 9.56. The Hall–Kier alpha value is -2.44. The summed E-state index contributed by atoms with van der Waals surface area (Å²) in [5.74, 6) is -0.747. The van der Waals surface area contributed by atoms with Gasteiger partial charge in [0.25, 0.3) is 0 Å². The molecule has 0 saturated heterocycles. The van der Waals surface area contributed by atoms with Crippen LogP contribution in [0.1, 0.15) is 31.1 Å². The van der Waals surface area contributed by atoms with Crippen LogP contribution in [0, 0.1) is 0 Å². The fraction of sp³-hybridized carbons (Fsp3) is 0.300. The first-order chi connectivity index (χ1) is 13.0. The van der Waals surface area contributed by atoms with Crippen molar-refractivity contribution >= 4 is 35.3 Å². The minimum absolute atomic E-state index is 0.0590. The van der Waals surface area contributed by atoms with Crippen molar-refractivity contribution in [1.29, 1.82) is 0 Å². The number of hydrogen-bond acceptors (Lipinski definition) is 4. The predicted octanol–water partition coefficient (Wildman–Crippen LogP) is 5.26. The highest BCUT2D eigenvalue weighted by molar-refractivity contribution is 6.35. The van der Waals surface area contributed by atoms with E-state index in [-0.39, 0.29) is 18.7 Å². The molecule has 0 spiro atoms. The van der Waals surface area contributed by atoms with Gasteiger partial charge >= 0.3 is 12.1 Å². The van der Waals surface area contributed by atoms with E-state index in [0.29, 0.717) is 26.9 Å². The maximum atomic E-state index is 11.6. The molecule has 0 unspecified atom stereocenters. The van der Waals surface area contributed by atoms with Crippen molar-refractivity contribution in [1.82, 2.24) is 5.32 Å². The minimum atomic E-state index is -1.09. The second-order valence-corrected chi connectivity index (χ2v) is 7.86. The van der Waals surface area contributed by atoms with Crippen LogP contribution >= 0.6 is 23.2 Å². The van der Waals surface area contributed by atoms with E-state index >= 15 is 0 Å². The van der Waals surface area contributed by atoms with E-state index in [1.807, 2.05) is 0 Å². The molecule has 28 heavy (non-hydrogen) atoms. The van der Waals surface area contributed by atoms with Gasteiger partial charge in [-0.3, -0.25) is 0 Å². The van der Waals surface area contributed by atoms with E-state index in [1.54, 1.807) is 45.0 Å². The van der Waals surface area contributed by atoms with Gasteiger partial charge in [-0.25, -0.2) is 9.59 Å². The van der Waals surface area contributed by atoms with Gasteiger partial charge in [0.15, 0.2) is 0 Å². The van der Waals surface area contributed by atoms with Gasteiger partial charge in [0.1, 0.15) is 18.0 Å². The molecule has 2 aromatic rings. The van der Waals surface area contributed by atoms with Gasteiger partial charge in [0, 0.05) is 10.0 Å². The number of carbonyl (C=O) groups excluding carboxylic acids is 1. The van der Waals surface area contributed by atoms with Crippen LogP contribution in [0.5, 0.6) is 5.75 Å². The first kappa shape index (κ1) is 21.9. The maximum absolute atomic E-state index is 11.6. The fourth-order valence-corrected chi connectivity index (χ4v) is 2.86. The summed E-state index contributed by atoms with van der Waals surface area (Å²) < 4.78 is 10.7. The fourth-order valence-electron chi connectivity index (χ4n) is 2.33. The van der Waals surface area contributed by atoms with Crippen LogP contribution in [0.3, 0.4) is 0 Å². The molecule has 150 valence electrons. The number of hydrogen-bond donors (Lipinski definition) is 2. The molecule has 0 bridgehead atoms. The smallest absolute Gasteiger partial charge is 0.407 e. The summed E-state index contributed by atoms with van der Waals surface area (Å²) in [5.41, 5.74) is 0.730. The Morgan fingerprint density at radius 2 is 1.61 bits per heavy atom. The number of carboxylic acid groups (broad SMARTS) is 1. The van der Waals surface area contributed by atoms with E-state index in [9.17, 15) is 14.7 Å². The Bertz CT molecular complexity index is 857. The Balaban J connectivity index is 2.11. The number of alkyl carbamates (subject to hydrolysis) is 1. The number of benzene rings is 2. The number of ether oxygens (including phenoxy) is 2. The number of carboxylic acids is 1. The maximum Gasteiger partial charge on any atom is 0.407 e. The Morgan fingerprint density at radius 3 is 2.18 bits per heavy atom. The highest BCUT2D eigenvalue weighted by Crippen LogP contribution is 2.30. The summed E-state index contributed by atoms with van der Waals surface area (Å²) in [6.07, 6.45) is -0.551. The molecule has 0 radical (unpaired) electrons. The molecule has 0 aliphatic rings. The van der Waals surface area contributed by atoms with Crippen molar-refractivity contribution in [2.75, 3.05) is 13.2 Å². The molecule has 0 aliphatic heterocycles. The summed E-state index contributed by atoms with van der Waals surface area (Å²) in [7, 11) is 0. The third kappa shape index (κ3) is 6.94. The second-order valence-electron chi connectivity index (χ2n) is 6.99. The average molecular weight is 426 g/mol. The Kier molecular flexibility index (Phi) is 7.16. The monoisotopic (exact) mass is 425 g/mol. The molecular weight excluding hydrogens is 405 g/mol. The summed E-state index contributed by atoms with van der Waals surface area (Å²) >= 11 is 12.1.